The predicted molar refractivity (Wildman–Crippen MR) is 44.0 cm³/mol. The van der Waals surface area contributed by atoms with E-state index >= 15 is 0 Å². The van der Waals surface area contributed by atoms with Crippen molar-refractivity contribution >= 4 is 11.8 Å². The molecule has 0 aliphatic rings. The van der Waals surface area contributed by atoms with Crippen LogP contribution in [0.25, 0.3) is 6.08 Å². The Morgan fingerprint density at radius 1 is 1.30 bits per heavy atom. The Morgan fingerprint density at radius 3 is 2.30 bits per heavy atom. The summed E-state index contributed by atoms with van der Waals surface area (Å²) in [5, 5.41) is 2.08. The standard InChI is InChI=1S/C9H11N/c1-3-8-4-6-9(10-2)7-5-8/h3-7,10H,1H2,2H3/p+1. The fourth-order valence-electron chi connectivity index (χ4n) is 0.825. The summed E-state index contributed by atoms with van der Waals surface area (Å²) in [5.41, 5.74) is 2.43. The normalized spacial score (nSPS) is 9.30. The highest BCUT2D eigenvalue weighted by Crippen LogP contribution is 2.04. The summed E-state index contributed by atoms with van der Waals surface area (Å²) in [5.74, 6) is 0. The van der Waals surface area contributed by atoms with Crippen molar-refractivity contribution < 1.29 is 5.32 Å². The molecule has 2 N–H and O–H groups in total. The molecule has 0 unspecified atom stereocenters. The molecule has 0 heterocycles. The van der Waals surface area contributed by atoms with E-state index in [1.54, 1.807) is 0 Å². The molecule has 0 amide bonds. The molecule has 0 atom stereocenters. The van der Waals surface area contributed by atoms with E-state index in [4.69, 9.17) is 0 Å². The van der Waals surface area contributed by atoms with Crippen molar-refractivity contribution in [3.63, 3.8) is 0 Å². The third-order valence-electron chi connectivity index (χ3n) is 1.51. The summed E-state index contributed by atoms with van der Waals surface area (Å²) in [6, 6.07) is 8.28. The highest BCUT2D eigenvalue weighted by atomic mass is 14.8. The Kier molecular flexibility index (Phi) is 2.24. The summed E-state index contributed by atoms with van der Waals surface area (Å²) >= 11 is 0. The molecule has 0 fully saturated rings. The van der Waals surface area contributed by atoms with Gasteiger partial charge in [0.25, 0.3) is 0 Å². The van der Waals surface area contributed by atoms with Crippen LogP contribution in [0.1, 0.15) is 5.56 Å². The van der Waals surface area contributed by atoms with Gasteiger partial charge in [-0.3, -0.25) is 0 Å². The second-order valence-electron chi connectivity index (χ2n) is 2.16. The second-order valence-corrected chi connectivity index (χ2v) is 2.16. The molecule has 10 heavy (non-hydrogen) atoms. The fourth-order valence-corrected chi connectivity index (χ4v) is 0.825. The molecule has 0 aromatic heterocycles. The molecule has 1 aromatic carbocycles. The number of benzene rings is 1. The van der Waals surface area contributed by atoms with Gasteiger partial charge in [-0.1, -0.05) is 12.7 Å². The SMILES string of the molecule is C=Cc1ccc([NH2+]C)cc1. The molecule has 0 aliphatic heterocycles. The Morgan fingerprint density at radius 2 is 1.90 bits per heavy atom. The first-order valence-corrected chi connectivity index (χ1v) is 3.38. The van der Waals surface area contributed by atoms with Gasteiger partial charge in [-0.15, -0.1) is 0 Å². The first-order valence-electron chi connectivity index (χ1n) is 3.38. The van der Waals surface area contributed by atoms with Gasteiger partial charge in [-0.05, 0) is 29.8 Å². The average Bonchev–Trinajstić information content (AvgIpc) is 2.05. The topological polar surface area (TPSA) is 16.6 Å². The fraction of sp³-hybridized carbons (Fsp3) is 0.111. The van der Waals surface area contributed by atoms with E-state index in [1.807, 2.05) is 13.1 Å². The molecule has 1 aromatic rings. The first-order chi connectivity index (χ1) is 4.86. The lowest BCUT2D eigenvalue weighted by atomic mass is 10.2. The van der Waals surface area contributed by atoms with Crippen molar-refractivity contribution in [1.82, 2.24) is 0 Å². The number of nitrogens with two attached hydrogens (primary N) is 1. The van der Waals surface area contributed by atoms with E-state index in [-0.39, 0.29) is 0 Å². The average molecular weight is 134 g/mol. The Bertz CT molecular complexity index is 211. The second kappa shape index (κ2) is 3.18. The number of quaternary nitrogens is 1. The lowest BCUT2D eigenvalue weighted by Gasteiger charge is -1.93. The third-order valence-corrected chi connectivity index (χ3v) is 1.51. The summed E-state index contributed by atoms with van der Waals surface area (Å²) in [4.78, 5) is 0. The Balaban J connectivity index is 2.90. The van der Waals surface area contributed by atoms with Gasteiger partial charge < -0.3 is 5.32 Å². The van der Waals surface area contributed by atoms with Gasteiger partial charge in [0.1, 0.15) is 5.69 Å². The molecule has 52 valence electrons. The first kappa shape index (κ1) is 7.03. The van der Waals surface area contributed by atoms with Crippen molar-refractivity contribution in [3.8, 4) is 0 Å². The van der Waals surface area contributed by atoms with Crippen molar-refractivity contribution in [2.45, 2.75) is 0 Å². The predicted octanol–water partition coefficient (Wildman–Crippen LogP) is 1.15. The number of rotatable bonds is 2. The molecular weight excluding hydrogens is 122 g/mol. The van der Waals surface area contributed by atoms with E-state index in [9.17, 15) is 0 Å². The molecule has 1 heteroatoms. The Hall–Kier alpha value is -1.08. The van der Waals surface area contributed by atoms with E-state index in [0.29, 0.717) is 0 Å². The lowest BCUT2D eigenvalue weighted by molar-refractivity contribution is -0.539. The Labute approximate surface area is 61.4 Å². The van der Waals surface area contributed by atoms with Gasteiger partial charge in [0.2, 0.25) is 0 Å². The van der Waals surface area contributed by atoms with E-state index < -0.39 is 0 Å². The summed E-state index contributed by atoms with van der Waals surface area (Å²) in [6.07, 6.45) is 1.85. The lowest BCUT2D eigenvalue weighted by Crippen LogP contribution is -2.72. The quantitative estimate of drug-likeness (QED) is 0.584. The molecule has 0 aliphatic carbocycles. The van der Waals surface area contributed by atoms with Crippen LogP contribution < -0.4 is 5.32 Å². The van der Waals surface area contributed by atoms with Crippen LogP contribution in [0.3, 0.4) is 0 Å². The molecular formula is C9H12N+. The van der Waals surface area contributed by atoms with Gasteiger partial charge in [0.15, 0.2) is 0 Å². The zero-order valence-electron chi connectivity index (χ0n) is 6.17. The summed E-state index contributed by atoms with van der Waals surface area (Å²) < 4.78 is 0. The van der Waals surface area contributed by atoms with Gasteiger partial charge in [-0.2, -0.15) is 0 Å². The maximum atomic E-state index is 3.68. The highest BCUT2D eigenvalue weighted by molar-refractivity contribution is 5.49. The maximum Gasteiger partial charge on any atom is 0.129 e. The van der Waals surface area contributed by atoms with Crippen molar-refractivity contribution in [2.24, 2.45) is 0 Å². The maximum absolute atomic E-state index is 3.68. The minimum Gasteiger partial charge on any atom is -0.316 e. The largest absolute Gasteiger partial charge is 0.316 e. The van der Waals surface area contributed by atoms with E-state index in [1.165, 1.54) is 11.3 Å². The minimum absolute atomic E-state index is 1.17. The van der Waals surface area contributed by atoms with Crippen LogP contribution in [0, 0.1) is 0 Å². The van der Waals surface area contributed by atoms with Crippen molar-refractivity contribution in [2.75, 3.05) is 7.05 Å². The van der Waals surface area contributed by atoms with Crippen LogP contribution in [0.15, 0.2) is 30.8 Å². The van der Waals surface area contributed by atoms with Gasteiger partial charge in [0, 0.05) is 0 Å². The molecule has 1 nitrogen and oxygen atoms in total. The summed E-state index contributed by atoms with van der Waals surface area (Å²) in [6.45, 7) is 3.68. The van der Waals surface area contributed by atoms with Gasteiger partial charge in [0.05, 0.1) is 7.05 Å². The molecule has 0 saturated heterocycles. The molecule has 0 radical (unpaired) electrons. The number of hydrogen-bond donors (Lipinski definition) is 1. The van der Waals surface area contributed by atoms with Crippen molar-refractivity contribution in [3.05, 3.63) is 36.4 Å². The van der Waals surface area contributed by atoms with Crippen LogP contribution >= 0.6 is 0 Å². The molecule has 0 bridgehead atoms. The van der Waals surface area contributed by atoms with Crippen LogP contribution in [-0.4, -0.2) is 7.05 Å². The molecule has 0 saturated carbocycles. The van der Waals surface area contributed by atoms with Crippen LogP contribution in [0.4, 0.5) is 5.69 Å². The van der Waals surface area contributed by atoms with Crippen LogP contribution in [0.5, 0.6) is 0 Å². The monoisotopic (exact) mass is 134 g/mol. The number of hydrogen-bond acceptors (Lipinski definition) is 0. The molecule has 1 rings (SSSR count). The van der Waals surface area contributed by atoms with Crippen molar-refractivity contribution in [1.29, 1.82) is 0 Å². The zero-order chi connectivity index (χ0) is 7.40. The van der Waals surface area contributed by atoms with E-state index in [2.05, 4.69) is 36.2 Å². The third kappa shape index (κ3) is 1.45. The van der Waals surface area contributed by atoms with Crippen LogP contribution in [-0.2, 0) is 0 Å². The highest BCUT2D eigenvalue weighted by Gasteiger charge is 1.89. The van der Waals surface area contributed by atoms with Gasteiger partial charge in [-0.25, -0.2) is 0 Å². The minimum atomic E-state index is 1.17. The zero-order valence-corrected chi connectivity index (χ0v) is 6.17. The van der Waals surface area contributed by atoms with Gasteiger partial charge >= 0.3 is 0 Å². The summed E-state index contributed by atoms with van der Waals surface area (Å²) in [7, 11) is 2.03. The smallest absolute Gasteiger partial charge is 0.129 e. The van der Waals surface area contributed by atoms with Crippen LogP contribution in [0.2, 0.25) is 0 Å². The van der Waals surface area contributed by atoms with E-state index in [0.717, 1.165) is 0 Å². The molecule has 0 spiro atoms.